The summed E-state index contributed by atoms with van der Waals surface area (Å²) in [6.45, 7) is 10.4. The van der Waals surface area contributed by atoms with Gasteiger partial charge in [0.2, 0.25) is 0 Å². The lowest BCUT2D eigenvalue weighted by Crippen LogP contribution is -2.28. The smallest absolute Gasteiger partial charge is 0.316 e. The van der Waals surface area contributed by atoms with Crippen molar-refractivity contribution in [1.82, 2.24) is 0 Å². The molecule has 0 unspecified atom stereocenters. The lowest BCUT2D eigenvalue weighted by molar-refractivity contribution is -0.145. The molecule has 6 nitrogen and oxygen atoms in total. The largest absolute Gasteiger partial charge is 0.469 e. The monoisotopic (exact) mass is 364 g/mol. The summed E-state index contributed by atoms with van der Waals surface area (Å²) in [6.07, 6.45) is 0.616. The van der Waals surface area contributed by atoms with E-state index in [1.807, 2.05) is 0 Å². The number of benzene rings is 1. The lowest BCUT2D eigenvalue weighted by atomic mass is 9.97. The highest BCUT2D eigenvalue weighted by atomic mass is 16.6. The van der Waals surface area contributed by atoms with Crippen LogP contribution in [0.2, 0.25) is 0 Å². The van der Waals surface area contributed by atoms with Gasteiger partial charge in [-0.2, -0.15) is 0 Å². The first-order valence-corrected chi connectivity index (χ1v) is 8.49. The predicted molar refractivity (Wildman–Crippen MR) is 97.0 cm³/mol. The molecule has 0 aliphatic rings. The van der Waals surface area contributed by atoms with Crippen molar-refractivity contribution < 1.29 is 28.6 Å². The van der Waals surface area contributed by atoms with E-state index >= 15 is 0 Å². The van der Waals surface area contributed by atoms with Crippen LogP contribution in [0.15, 0.2) is 18.2 Å². The van der Waals surface area contributed by atoms with Crippen molar-refractivity contribution in [2.75, 3.05) is 7.11 Å². The molecule has 0 aliphatic carbocycles. The van der Waals surface area contributed by atoms with E-state index in [2.05, 4.69) is 4.74 Å². The highest BCUT2D eigenvalue weighted by Gasteiger charge is 2.28. The fourth-order valence-corrected chi connectivity index (χ4v) is 1.73. The summed E-state index contributed by atoms with van der Waals surface area (Å²) in [4.78, 5) is 35.8. The van der Waals surface area contributed by atoms with Gasteiger partial charge < -0.3 is 14.2 Å². The molecule has 0 saturated heterocycles. The first-order valence-electron chi connectivity index (χ1n) is 8.49. The van der Waals surface area contributed by atoms with Gasteiger partial charge in [-0.05, 0) is 65.7 Å². The molecular weight excluding hydrogens is 336 g/mol. The molecule has 1 rings (SSSR count). The van der Waals surface area contributed by atoms with Crippen LogP contribution in [0.5, 0.6) is 11.5 Å². The maximum absolute atomic E-state index is 12.3. The minimum Gasteiger partial charge on any atom is -0.469 e. The topological polar surface area (TPSA) is 78.9 Å². The van der Waals surface area contributed by atoms with Crippen LogP contribution in [0.25, 0.3) is 0 Å². The number of methoxy groups -OCH3 is 1. The Morgan fingerprint density at radius 3 is 1.81 bits per heavy atom. The minimum atomic E-state index is -0.715. The molecule has 1 aromatic carbocycles. The van der Waals surface area contributed by atoms with Crippen LogP contribution in [0, 0.1) is 10.8 Å². The van der Waals surface area contributed by atoms with Crippen LogP contribution in [0.1, 0.15) is 53.5 Å². The second-order valence-corrected chi connectivity index (χ2v) is 8.14. The van der Waals surface area contributed by atoms with Crippen molar-refractivity contribution in [2.24, 2.45) is 10.8 Å². The Balaban J connectivity index is 3.13. The van der Waals surface area contributed by atoms with Crippen molar-refractivity contribution in [3.8, 4) is 11.5 Å². The number of carbonyl (C=O) groups is 3. The summed E-state index contributed by atoms with van der Waals surface area (Å²) >= 11 is 0. The van der Waals surface area contributed by atoms with Crippen molar-refractivity contribution in [3.63, 3.8) is 0 Å². The zero-order chi connectivity index (χ0) is 20.1. The Bertz CT molecular complexity index is 677. The third-order valence-corrected chi connectivity index (χ3v) is 3.48. The van der Waals surface area contributed by atoms with Gasteiger partial charge in [0.15, 0.2) is 11.5 Å². The molecule has 0 atom stereocenters. The van der Waals surface area contributed by atoms with E-state index in [1.54, 1.807) is 59.7 Å². The molecule has 0 fully saturated rings. The Labute approximate surface area is 154 Å². The van der Waals surface area contributed by atoms with Crippen LogP contribution < -0.4 is 9.47 Å². The Morgan fingerprint density at radius 1 is 0.846 bits per heavy atom. The SMILES string of the molecule is COC(=O)CCc1ccc(OC(=O)C(C)(C)C)c(OC(=O)C(C)(C)C)c1. The molecule has 1 aromatic rings. The van der Waals surface area contributed by atoms with E-state index in [1.165, 1.54) is 7.11 Å². The lowest BCUT2D eigenvalue weighted by Gasteiger charge is -2.20. The molecule has 6 heteroatoms. The fraction of sp³-hybridized carbons (Fsp3) is 0.550. The first-order chi connectivity index (χ1) is 11.8. The highest BCUT2D eigenvalue weighted by Crippen LogP contribution is 2.32. The Kier molecular flexibility index (Phi) is 6.95. The van der Waals surface area contributed by atoms with E-state index in [-0.39, 0.29) is 23.9 Å². The predicted octanol–water partition coefficient (Wildman–Crippen LogP) is 3.70. The van der Waals surface area contributed by atoms with E-state index in [0.29, 0.717) is 6.42 Å². The summed E-state index contributed by atoms with van der Waals surface area (Å²) in [7, 11) is 1.33. The summed E-state index contributed by atoms with van der Waals surface area (Å²) in [5, 5.41) is 0. The molecule has 26 heavy (non-hydrogen) atoms. The van der Waals surface area contributed by atoms with Crippen LogP contribution in [0.4, 0.5) is 0 Å². The zero-order valence-corrected chi connectivity index (χ0v) is 16.6. The molecule has 0 heterocycles. The molecule has 0 spiro atoms. The van der Waals surface area contributed by atoms with Gasteiger partial charge in [-0.3, -0.25) is 14.4 Å². The molecular formula is C20H28O6. The number of ether oxygens (including phenoxy) is 3. The zero-order valence-electron chi connectivity index (χ0n) is 16.6. The highest BCUT2D eigenvalue weighted by molar-refractivity contribution is 5.81. The van der Waals surface area contributed by atoms with E-state index < -0.39 is 22.8 Å². The van der Waals surface area contributed by atoms with Gasteiger partial charge in [0.1, 0.15) is 0 Å². The van der Waals surface area contributed by atoms with E-state index in [4.69, 9.17) is 9.47 Å². The normalized spacial score (nSPS) is 11.7. The summed E-state index contributed by atoms with van der Waals surface area (Å²) in [5.74, 6) is -0.890. The third-order valence-electron chi connectivity index (χ3n) is 3.48. The van der Waals surface area contributed by atoms with Gasteiger partial charge >= 0.3 is 17.9 Å². The number of hydrogen-bond donors (Lipinski definition) is 0. The minimum absolute atomic E-state index is 0.157. The molecule has 0 amide bonds. The fourth-order valence-electron chi connectivity index (χ4n) is 1.73. The molecule has 144 valence electrons. The maximum atomic E-state index is 12.3. The van der Waals surface area contributed by atoms with Crippen molar-refractivity contribution in [2.45, 2.75) is 54.4 Å². The summed E-state index contributed by atoms with van der Waals surface area (Å²) < 4.78 is 15.5. The van der Waals surface area contributed by atoms with Gasteiger partial charge in [0.25, 0.3) is 0 Å². The molecule has 0 N–H and O–H groups in total. The summed E-state index contributed by atoms with van der Waals surface area (Å²) in [6, 6.07) is 4.90. The van der Waals surface area contributed by atoms with Crippen LogP contribution in [-0.2, 0) is 25.5 Å². The van der Waals surface area contributed by atoms with Crippen LogP contribution in [-0.4, -0.2) is 25.0 Å². The van der Waals surface area contributed by atoms with Crippen LogP contribution in [0.3, 0.4) is 0 Å². The number of rotatable bonds is 5. The number of esters is 3. The Hall–Kier alpha value is -2.37. The van der Waals surface area contributed by atoms with E-state index in [9.17, 15) is 14.4 Å². The van der Waals surface area contributed by atoms with Crippen LogP contribution >= 0.6 is 0 Å². The second-order valence-electron chi connectivity index (χ2n) is 8.14. The molecule has 0 aliphatic heterocycles. The first kappa shape index (κ1) is 21.7. The summed E-state index contributed by atoms with van der Waals surface area (Å²) in [5.41, 5.74) is -0.648. The standard InChI is InChI=1S/C20H28O6/c1-19(2,3)17(22)25-14-10-8-13(9-11-16(21)24-7)12-15(14)26-18(23)20(4,5)6/h8,10,12H,9,11H2,1-7H3. The number of hydrogen-bond acceptors (Lipinski definition) is 6. The van der Waals surface area contributed by atoms with Crippen molar-refractivity contribution >= 4 is 17.9 Å². The Morgan fingerprint density at radius 2 is 1.35 bits per heavy atom. The van der Waals surface area contributed by atoms with E-state index in [0.717, 1.165) is 5.56 Å². The number of aryl methyl sites for hydroxylation is 1. The number of carbonyl (C=O) groups excluding carboxylic acids is 3. The molecule has 0 aromatic heterocycles. The maximum Gasteiger partial charge on any atom is 0.316 e. The van der Waals surface area contributed by atoms with Gasteiger partial charge in [-0.15, -0.1) is 0 Å². The average molecular weight is 364 g/mol. The molecule has 0 saturated carbocycles. The van der Waals surface area contributed by atoms with Gasteiger partial charge in [0.05, 0.1) is 17.9 Å². The molecule has 0 bridgehead atoms. The van der Waals surface area contributed by atoms with Gasteiger partial charge in [-0.1, -0.05) is 6.07 Å². The van der Waals surface area contributed by atoms with Gasteiger partial charge in [0, 0.05) is 6.42 Å². The van der Waals surface area contributed by atoms with Crippen molar-refractivity contribution in [1.29, 1.82) is 0 Å². The molecule has 0 radical (unpaired) electrons. The average Bonchev–Trinajstić information content (AvgIpc) is 2.52. The second kappa shape index (κ2) is 8.34. The quantitative estimate of drug-likeness (QED) is 0.585. The van der Waals surface area contributed by atoms with Gasteiger partial charge in [-0.25, -0.2) is 0 Å². The van der Waals surface area contributed by atoms with Crippen molar-refractivity contribution in [3.05, 3.63) is 23.8 Å². The third kappa shape index (κ3) is 6.50.